The van der Waals surface area contributed by atoms with Gasteiger partial charge in [-0.05, 0) is 12.1 Å². The number of sulfone groups is 1. The molecular weight excluding hydrogens is 246 g/mol. The summed E-state index contributed by atoms with van der Waals surface area (Å²) in [5, 5.41) is 7.15. The van der Waals surface area contributed by atoms with Crippen molar-refractivity contribution in [3.63, 3.8) is 0 Å². The van der Waals surface area contributed by atoms with Crippen molar-refractivity contribution in [2.75, 3.05) is 17.8 Å². The van der Waals surface area contributed by atoms with Gasteiger partial charge in [0.05, 0.1) is 5.75 Å². The van der Waals surface area contributed by atoms with Crippen LogP contribution in [0.15, 0.2) is 23.2 Å². The van der Waals surface area contributed by atoms with Gasteiger partial charge in [-0.3, -0.25) is 10.4 Å². The molecule has 0 amide bonds. The van der Waals surface area contributed by atoms with Crippen LogP contribution in [0.1, 0.15) is 5.69 Å². The van der Waals surface area contributed by atoms with E-state index in [9.17, 15) is 8.42 Å². The highest BCUT2D eigenvalue weighted by molar-refractivity contribution is 8.00. The SMILES string of the molecule is CS(=O)(=O)CCSc1ccc(C(=N)N)nc1. The van der Waals surface area contributed by atoms with Crippen LogP contribution in [0.25, 0.3) is 0 Å². The summed E-state index contributed by atoms with van der Waals surface area (Å²) in [5.74, 6) is 0.569. The quantitative estimate of drug-likeness (QED) is 0.456. The Morgan fingerprint density at radius 1 is 1.56 bits per heavy atom. The smallest absolute Gasteiger partial charge is 0.148 e. The van der Waals surface area contributed by atoms with Crippen LogP contribution < -0.4 is 5.73 Å². The number of hydrogen-bond acceptors (Lipinski definition) is 5. The molecule has 0 aliphatic heterocycles. The molecule has 88 valence electrons. The standard InChI is InChI=1S/C9H13N3O2S2/c1-16(13,14)5-4-15-7-2-3-8(9(10)11)12-6-7/h2-3,6H,4-5H2,1H3,(H3,10,11). The van der Waals surface area contributed by atoms with Gasteiger partial charge in [-0.15, -0.1) is 11.8 Å². The molecule has 0 aliphatic rings. The largest absolute Gasteiger partial charge is 0.382 e. The van der Waals surface area contributed by atoms with Crippen molar-refractivity contribution in [1.82, 2.24) is 4.98 Å². The molecule has 0 unspecified atom stereocenters. The Labute approximate surface area is 98.9 Å². The second-order valence-corrected chi connectivity index (χ2v) is 6.70. The maximum atomic E-state index is 10.9. The summed E-state index contributed by atoms with van der Waals surface area (Å²) >= 11 is 1.41. The first-order valence-corrected chi connectivity index (χ1v) is 7.54. The zero-order chi connectivity index (χ0) is 12.2. The van der Waals surface area contributed by atoms with Crippen LogP contribution >= 0.6 is 11.8 Å². The molecular formula is C9H13N3O2S2. The Bertz CT molecular complexity index is 468. The van der Waals surface area contributed by atoms with E-state index in [2.05, 4.69) is 4.98 Å². The van der Waals surface area contributed by atoms with E-state index in [0.29, 0.717) is 11.4 Å². The van der Waals surface area contributed by atoms with E-state index < -0.39 is 9.84 Å². The van der Waals surface area contributed by atoms with Gasteiger partial charge in [-0.2, -0.15) is 0 Å². The lowest BCUT2D eigenvalue weighted by molar-refractivity contribution is 0.603. The van der Waals surface area contributed by atoms with Crippen LogP contribution in [0.3, 0.4) is 0 Å². The first-order valence-electron chi connectivity index (χ1n) is 4.49. The van der Waals surface area contributed by atoms with Gasteiger partial charge < -0.3 is 5.73 Å². The topological polar surface area (TPSA) is 96.9 Å². The van der Waals surface area contributed by atoms with Crippen LogP contribution in [0.5, 0.6) is 0 Å². The minimum atomic E-state index is -2.91. The lowest BCUT2D eigenvalue weighted by Gasteiger charge is -2.01. The minimum absolute atomic E-state index is 0.0762. The zero-order valence-corrected chi connectivity index (χ0v) is 10.4. The van der Waals surface area contributed by atoms with Crippen molar-refractivity contribution in [2.24, 2.45) is 5.73 Å². The molecule has 16 heavy (non-hydrogen) atoms. The molecule has 0 bridgehead atoms. The van der Waals surface area contributed by atoms with Gasteiger partial charge in [0.15, 0.2) is 0 Å². The number of aromatic nitrogens is 1. The number of rotatable bonds is 5. The van der Waals surface area contributed by atoms with Crippen molar-refractivity contribution in [2.45, 2.75) is 4.90 Å². The monoisotopic (exact) mass is 259 g/mol. The molecule has 0 atom stereocenters. The summed E-state index contributed by atoms with van der Waals surface area (Å²) in [4.78, 5) is 4.84. The molecule has 1 aromatic heterocycles. The van der Waals surface area contributed by atoms with Gasteiger partial charge in [-0.25, -0.2) is 8.42 Å². The van der Waals surface area contributed by atoms with E-state index in [1.165, 1.54) is 18.0 Å². The Morgan fingerprint density at radius 3 is 2.69 bits per heavy atom. The highest BCUT2D eigenvalue weighted by atomic mass is 32.2. The summed E-state index contributed by atoms with van der Waals surface area (Å²) < 4.78 is 21.8. The van der Waals surface area contributed by atoms with Gasteiger partial charge >= 0.3 is 0 Å². The highest BCUT2D eigenvalue weighted by Gasteiger charge is 2.03. The first-order chi connectivity index (χ1) is 7.38. The van der Waals surface area contributed by atoms with Gasteiger partial charge in [0.1, 0.15) is 21.4 Å². The second kappa shape index (κ2) is 5.31. The van der Waals surface area contributed by atoms with Crippen LogP contribution in [0.4, 0.5) is 0 Å². The average molecular weight is 259 g/mol. The summed E-state index contributed by atoms with van der Waals surface area (Å²) in [6, 6.07) is 3.42. The lowest BCUT2D eigenvalue weighted by atomic mass is 10.3. The van der Waals surface area contributed by atoms with Crippen LogP contribution in [-0.2, 0) is 9.84 Å². The highest BCUT2D eigenvalue weighted by Crippen LogP contribution is 2.16. The van der Waals surface area contributed by atoms with Gasteiger partial charge in [0, 0.05) is 23.1 Å². The summed E-state index contributed by atoms with van der Waals surface area (Å²) in [7, 11) is -2.91. The molecule has 0 saturated heterocycles. The van der Waals surface area contributed by atoms with Gasteiger partial charge in [0.2, 0.25) is 0 Å². The molecule has 0 saturated carbocycles. The third-order valence-electron chi connectivity index (χ3n) is 1.74. The number of nitrogen functional groups attached to an aromatic ring is 1. The van der Waals surface area contributed by atoms with Crippen molar-refractivity contribution in [3.05, 3.63) is 24.0 Å². The van der Waals surface area contributed by atoms with Gasteiger partial charge in [0.25, 0.3) is 0 Å². The predicted molar refractivity (Wildman–Crippen MR) is 65.7 cm³/mol. The summed E-state index contributed by atoms with van der Waals surface area (Å²) in [6.45, 7) is 0. The van der Waals surface area contributed by atoms with Gasteiger partial charge in [-0.1, -0.05) is 0 Å². The molecule has 0 spiro atoms. The lowest BCUT2D eigenvalue weighted by Crippen LogP contribution is -2.12. The number of nitrogens with two attached hydrogens (primary N) is 1. The average Bonchev–Trinajstić information content (AvgIpc) is 2.16. The number of nitrogens with zero attached hydrogens (tertiary/aromatic N) is 1. The van der Waals surface area contributed by atoms with E-state index in [4.69, 9.17) is 11.1 Å². The number of thioether (sulfide) groups is 1. The Kier molecular flexibility index (Phi) is 4.31. The maximum absolute atomic E-state index is 10.9. The van der Waals surface area contributed by atoms with Crippen molar-refractivity contribution in [1.29, 1.82) is 5.41 Å². The molecule has 1 heterocycles. The second-order valence-electron chi connectivity index (χ2n) is 3.27. The summed E-state index contributed by atoms with van der Waals surface area (Å²) in [5.41, 5.74) is 5.68. The number of nitrogens with one attached hydrogen (secondary N) is 1. The molecule has 3 N–H and O–H groups in total. The van der Waals surface area contributed by atoms with E-state index in [0.717, 1.165) is 4.90 Å². The fourth-order valence-corrected chi connectivity index (χ4v) is 3.01. The number of hydrogen-bond donors (Lipinski definition) is 2. The molecule has 0 aliphatic carbocycles. The third-order valence-corrected chi connectivity index (χ3v) is 3.92. The normalized spacial score (nSPS) is 11.3. The fraction of sp³-hybridized carbons (Fsp3) is 0.333. The van der Waals surface area contributed by atoms with Crippen molar-refractivity contribution in [3.8, 4) is 0 Å². The van der Waals surface area contributed by atoms with Crippen molar-refractivity contribution >= 4 is 27.4 Å². The van der Waals surface area contributed by atoms with Crippen LogP contribution in [-0.4, -0.2) is 37.0 Å². The molecule has 0 fully saturated rings. The van der Waals surface area contributed by atoms with Crippen molar-refractivity contribution < 1.29 is 8.42 Å². The Morgan fingerprint density at radius 2 is 2.25 bits per heavy atom. The van der Waals surface area contributed by atoms with Crippen LogP contribution in [0, 0.1) is 5.41 Å². The minimum Gasteiger partial charge on any atom is -0.382 e. The van der Waals surface area contributed by atoms with E-state index in [-0.39, 0.29) is 11.6 Å². The van der Waals surface area contributed by atoms with Crippen LogP contribution in [0.2, 0.25) is 0 Å². The predicted octanol–water partition coefficient (Wildman–Crippen LogP) is 0.502. The fourth-order valence-electron chi connectivity index (χ4n) is 0.936. The molecule has 1 aromatic rings. The summed E-state index contributed by atoms with van der Waals surface area (Å²) in [6.07, 6.45) is 2.80. The molecule has 1 rings (SSSR count). The third kappa shape index (κ3) is 4.63. The molecule has 5 nitrogen and oxygen atoms in total. The van der Waals surface area contributed by atoms with E-state index >= 15 is 0 Å². The van der Waals surface area contributed by atoms with E-state index in [1.807, 2.05) is 0 Å². The maximum Gasteiger partial charge on any atom is 0.148 e. The first kappa shape index (κ1) is 13.0. The Balaban J connectivity index is 2.53. The van der Waals surface area contributed by atoms with E-state index in [1.54, 1.807) is 18.3 Å². The molecule has 0 aromatic carbocycles. The molecule has 7 heteroatoms. The molecule has 0 radical (unpaired) electrons. The number of pyridine rings is 1. The zero-order valence-electron chi connectivity index (χ0n) is 8.80. The number of amidine groups is 1. The Hall–Kier alpha value is -1.08.